The van der Waals surface area contributed by atoms with Crippen LogP contribution in [0.2, 0.25) is 0 Å². The van der Waals surface area contributed by atoms with Crippen molar-refractivity contribution in [3.8, 4) is 22.6 Å². The third-order valence-electron chi connectivity index (χ3n) is 5.44. The van der Waals surface area contributed by atoms with Crippen LogP contribution in [0.4, 0.5) is 10.8 Å². The molecule has 2 aromatic heterocycles. The van der Waals surface area contributed by atoms with Crippen molar-refractivity contribution in [3.05, 3.63) is 60.0 Å². The second-order valence-corrected chi connectivity index (χ2v) is 9.31. The van der Waals surface area contributed by atoms with Gasteiger partial charge in [0.2, 0.25) is 5.91 Å². The molecule has 0 bridgehead atoms. The molecular formula is C25H28N6OS2. The summed E-state index contributed by atoms with van der Waals surface area (Å²) in [6.45, 7) is 9.03. The number of benzene rings is 2. The van der Waals surface area contributed by atoms with Crippen molar-refractivity contribution in [2.24, 2.45) is 0 Å². The predicted molar refractivity (Wildman–Crippen MR) is 142 cm³/mol. The topological polar surface area (TPSA) is 75.9 Å². The number of thiazole rings is 1. The summed E-state index contributed by atoms with van der Waals surface area (Å²) in [5, 5.41) is 14.9. The molecule has 0 aliphatic heterocycles. The molecule has 4 rings (SSSR count). The normalized spacial score (nSPS) is 10.9. The Hall–Kier alpha value is -3.17. The Morgan fingerprint density at radius 1 is 1.00 bits per heavy atom. The molecule has 176 valence electrons. The first-order chi connectivity index (χ1) is 16.6. The van der Waals surface area contributed by atoms with E-state index in [1.807, 2.05) is 40.3 Å². The molecule has 1 amide bonds. The van der Waals surface area contributed by atoms with E-state index in [4.69, 9.17) is 0 Å². The summed E-state index contributed by atoms with van der Waals surface area (Å²) in [6.07, 6.45) is 0. The summed E-state index contributed by atoms with van der Waals surface area (Å²) in [6, 6.07) is 18.3. The number of hydrogen-bond donors (Lipinski definition) is 1. The monoisotopic (exact) mass is 492 g/mol. The van der Waals surface area contributed by atoms with Crippen LogP contribution in [0, 0.1) is 0 Å². The molecule has 9 heteroatoms. The molecule has 0 saturated carbocycles. The van der Waals surface area contributed by atoms with E-state index in [-0.39, 0.29) is 11.7 Å². The van der Waals surface area contributed by atoms with Gasteiger partial charge in [0.15, 0.2) is 16.1 Å². The zero-order valence-corrected chi connectivity index (χ0v) is 21.2. The minimum absolute atomic E-state index is 0.116. The van der Waals surface area contributed by atoms with Crippen LogP contribution in [0.1, 0.15) is 20.8 Å². The van der Waals surface area contributed by atoms with Gasteiger partial charge >= 0.3 is 0 Å². The Bertz CT molecular complexity index is 1220. The zero-order valence-electron chi connectivity index (χ0n) is 19.6. The summed E-state index contributed by atoms with van der Waals surface area (Å²) < 4.78 is 2.04. The highest BCUT2D eigenvalue weighted by Crippen LogP contribution is 2.27. The molecule has 0 unspecified atom stereocenters. The zero-order chi connectivity index (χ0) is 23.9. The van der Waals surface area contributed by atoms with E-state index >= 15 is 0 Å². The molecule has 0 radical (unpaired) electrons. The summed E-state index contributed by atoms with van der Waals surface area (Å²) in [5.74, 6) is 0.929. The summed E-state index contributed by atoms with van der Waals surface area (Å²) in [4.78, 5) is 19.4. The lowest BCUT2D eigenvalue weighted by atomic mass is 10.2. The highest BCUT2D eigenvalue weighted by Gasteiger charge is 2.16. The van der Waals surface area contributed by atoms with Crippen molar-refractivity contribution in [2.45, 2.75) is 32.5 Å². The van der Waals surface area contributed by atoms with Crippen LogP contribution in [0.3, 0.4) is 0 Å². The first kappa shape index (κ1) is 24.0. The van der Waals surface area contributed by atoms with Crippen molar-refractivity contribution in [3.63, 3.8) is 0 Å². The molecule has 2 heterocycles. The smallest absolute Gasteiger partial charge is 0.236 e. The summed E-state index contributed by atoms with van der Waals surface area (Å²) in [7, 11) is 0. The van der Waals surface area contributed by atoms with E-state index in [0.717, 1.165) is 47.4 Å². The van der Waals surface area contributed by atoms with Crippen molar-refractivity contribution < 1.29 is 4.79 Å². The fraction of sp³-hybridized carbons (Fsp3) is 0.280. The Morgan fingerprint density at radius 2 is 1.74 bits per heavy atom. The van der Waals surface area contributed by atoms with E-state index in [2.05, 4.69) is 70.4 Å². The number of carbonyl (C=O) groups is 1. The number of rotatable bonds is 10. The Kier molecular flexibility index (Phi) is 7.97. The highest BCUT2D eigenvalue weighted by atomic mass is 32.2. The fourth-order valence-corrected chi connectivity index (χ4v) is 5.20. The molecule has 0 spiro atoms. The van der Waals surface area contributed by atoms with Gasteiger partial charge in [0, 0.05) is 41.8 Å². The van der Waals surface area contributed by atoms with Gasteiger partial charge in [0.1, 0.15) is 0 Å². The quantitative estimate of drug-likeness (QED) is 0.288. The van der Waals surface area contributed by atoms with Gasteiger partial charge < -0.3 is 14.8 Å². The second-order valence-electron chi connectivity index (χ2n) is 7.51. The van der Waals surface area contributed by atoms with Gasteiger partial charge in [-0.1, -0.05) is 42.1 Å². The molecule has 0 aliphatic rings. The molecule has 4 aromatic rings. The van der Waals surface area contributed by atoms with Gasteiger partial charge in [0.25, 0.3) is 0 Å². The number of hydrogen-bond acceptors (Lipinski definition) is 7. The first-order valence-electron chi connectivity index (χ1n) is 11.3. The first-order valence-corrected chi connectivity index (χ1v) is 13.2. The molecule has 34 heavy (non-hydrogen) atoms. The van der Waals surface area contributed by atoms with Gasteiger partial charge in [-0.15, -0.1) is 21.5 Å². The molecule has 0 atom stereocenters. The Balaban J connectivity index is 1.39. The molecule has 1 N–H and O–H groups in total. The van der Waals surface area contributed by atoms with Crippen LogP contribution < -0.4 is 10.2 Å². The highest BCUT2D eigenvalue weighted by molar-refractivity contribution is 7.99. The largest absolute Gasteiger partial charge is 0.372 e. The van der Waals surface area contributed by atoms with Crippen molar-refractivity contribution >= 4 is 39.8 Å². The maximum atomic E-state index is 12.5. The average Bonchev–Trinajstić information content (AvgIpc) is 3.51. The van der Waals surface area contributed by atoms with Crippen LogP contribution in [0.25, 0.3) is 22.6 Å². The van der Waals surface area contributed by atoms with Gasteiger partial charge in [-0.2, -0.15) is 0 Å². The number of nitrogens with one attached hydrogen (secondary N) is 1. The van der Waals surface area contributed by atoms with Gasteiger partial charge in [-0.25, -0.2) is 4.98 Å². The lowest BCUT2D eigenvalue weighted by Crippen LogP contribution is -2.21. The van der Waals surface area contributed by atoms with E-state index in [9.17, 15) is 4.79 Å². The summed E-state index contributed by atoms with van der Waals surface area (Å²) in [5.41, 5.74) is 4.09. The maximum absolute atomic E-state index is 12.5. The predicted octanol–water partition coefficient (Wildman–Crippen LogP) is 5.67. The van der Waals surface area contributed by atoms with Gasteiger partial charge in [-0.05, 0) is 45.0 Å². The molecule has 0 saturated heterocycles. The number of anilines is 2. The Morgan fingerprint density at radius 3 is 2.41 bits per heavy atom. The minimum atomic E-state index is -0.116. The van der Waals surface area contributed by atoms with Crippen LogP contribution in [-0.2, 0) is 11.3 Å². The van der Waals surface area contributed by atoms with E-state index < -0.39 is 0 Å². The van der Waals surface area contributed by atoms with Crippen molar-refractivity contribution in [1.29, 1.82) is 0 Å². The van der Waals surface area contributed by atoms with Crippen LogP contribution in [0.15, 0.2) is 65.1 Å². The number of thioether (sulfide) groups is 1. The van der Waals surface area contributed by atoms with E-state index in [1.54, 1.807) is 0 Å². The molecule has 2 aromatic carbocycles. The lowest BCUT2D eigenvalue weighted by Gasteiger charge is -2.21. The maximum Gasteiger partial charge on any atom is 0.236 e. The summed E-state index contributed by atoms with van der Waals surface area (Å²) >= 11 is 2.80. The van der Waals surface area contributed by atoms with Crippen LogP contribution >= 0.6 is 23.1 Å². The molecule has 0 fully saturated rings. The van der Waals surface area contributed by atoms with E-state index in [1.165, 1.54) is 28.8 Å². The third-order valence-corrected chi connectivity index (χ3v) is 7.16. The van der Waals surface area contributed by atoms with Crippen molar-refractivity contribution in [2.75, 3.05) is 29.1 Å². The minimum Gasteiger partial charge on any atom is -0.372 e. The molecular weight excluding hydrogens is 464 g/mol. The van der Waals surface area contributed by atoms with E-state index in [0.29, 0.717) is 5.13 Å². The average molecular weight is 493 g/mol. The lowest BCUT2D eigenvalue weighted by molar-refractivity contribution is -0.113. The van der Waals surface area contributed by atoms with Gasteiger partial charge in [0.05, 0.1) is 11.4 Å². The number of aromatic nitrogens is 4. The SMILES string of the molecule is CCN(CC)c1ccc(-c2nnc(SCC(=O)Nc3nc(-c4ccccc4)cs3)n2CC)cc1. The fourth-order valence-electron chi connectivity index (χ4n) is 3.66. The van der Waals surface area contributed by atoms with Gasteiger partial charge in [-0.3, -0.25) is 4.79 Å². The van der Waals surface area contributed by atoms with Crippen LogP contribution in [0.5, 0.6) is 0 Å². The molecule has 7 nitrogen and oxygen atoms in total. The second kappa shape index (κ2) is 11.3. The van der Waals surface area contributed by atoms with Crippen molar-refractivity contribution in [1.82, 2.24) is 19.7 Å². The number of nitrogens with zero attached hydrogens (tertiary/aromatic N) is 5. The molecule has 0 aliphatic carbocycles. The number of amides is 1. The standard InChI is InChI=1S/C25H28N6OS2/c1-4-30(5-2)20-14-12-19(13-15-20)23-28-29-25(31(23)6-3)34-17-22(32)27-24-26-21(16-33-24)18-10-8-7-9-11-18/h7-16H,4-6,17H2,1-3H3,(H,26,27,32). The third kappa shape index (κ3) is 5.48. The van der Waals surface area contributed by atoms with Crippen LogP contribution in [-0.4, -0.2) is 44.5 Å². The number of carbonyl (C=O) groups excluding carboxylic acids is 1. The Labute approximate surface area is 208 Å².